The number of rotatable bonds is 5. The summed E-state index contributed by atoms with van der Waals surface area (Å²) in [5.41, 5.74) is 13.7. The van der Waals surface area contributed by atoms with Crippen molar-refractivity contribution in [1.82, 2.24) is 14.1 Å². The molecular weight excluding hydrogens is 609 g/mol. The van der Waals surface area contributed by atoms with Crippen molar-refractivity contribution in [3.63, 3.8) is 0 Å². The first-order chi connectivity index (χ1) is 24.6. The molecule has 0 bridgehead atoms. The van der Waals surface area contributed by atoms with E-state index in [1.807, 2.05) is 0 Å². The molecule has 1 aliphatic rings. The second-order valence-electron chi connectivity index (χ2n) is 13.7. The average molecular weight is 643 g/mol. The SMILES string of the molecule is CC1(C)c2ccccc2-n2c1nc1cc(N(c3ccc(-c4ccccc4)cc3)c3ccc(-n4c5ccccc5c5ccccc54)cc3)ccc12. The molecule has 7 aromatic carbocycles. The van der Waals surface area contributed by atoms with Crippen molar-refractivity contribution < 1.29 is 0 Å². The fourth-order valence-electron chi connectivity index (χ4n) is 8.02. The lowest BCUT2D eigenvalue weighted by atomic mass is 9.86. The van der Waals surface area contributed by atoms with Gasteiger partial charge in [0.15, 0.2) is 0 Å². The maximum absolute atomic E-state index is 5.28. The van der Waals surface area contributed by atoms with Crippen molar-refractivity contribution in [2.75, 3.05) is 4.90 Å². The van der Waals surface area contributed by atoms with E-state index in [1.54, 1.807) is 0 Å². The Labute approximate surface area is 291 Å². The first-order valence-electron chi connectivity index (χ1n) is 17.2. The first-order valence-corrected chi connectivity index (χ1v) is 17.2. The summed E-state index contributed by atoms with van der Waals surface area (Å²) in [7, 11) is 0. The van der Waals surface area contributed by atoms with Gasteiger partial charge in [-0.1, -0.05) is 97.1 Å². The Morgan fingerprint density at radius 2 is 1.04 bits per heavy atom. The molecule has 1 aliphatic heterocycles. The fraction of sp³-hybridized carbons (Fsp3) is 0.0652. The van der Waals surface area contributed by atoms with Crippen molar-refractivity contribution in [3.8, 4) is 22.5 Å². The highest BCUT2D eigenvalue weighted by Crippen LogP contribution is 2.45. The molecule has 3 heterocycles. The molecule has 10 rings (SSSR count). The average Bonchev–Trinajstić information content (AvgIpc) is 3.79. The number of benzene rings is 7. The number of hydrogen-bond donors (Lipinski definition) is 0. The number of imidazole rings is 1. The molecule has 0 saturated carbocycles. The molecule has 0 amide bonds. The summed E-state index contributed by atoms with van der Waals surface area (Å²) >= 11 is 0. The van der Waals surface area contributed by atoms with Gasteiger partial charge in [0.1, 0.15) is 5.82 Å². The standard InChI is InChI=1S/C46H34N4/c1-46(2)39-16-8-11-19-43(39)50-44-29-28-36(30-40(44)47-45(46)50)48(33-22-20-32(21-23-33)31-12-4-3-5-13-31)34-24-26-35(27-25-34)49-41-17-9-6-14-37(41)38-15-7-10-18-42(38)49/h3-30H,1-2H3. The van der Waals surface area contributed by atoms with Crippen molar-refractivity contribution >= 4 is 49.9 Å². The number of anilines is 3. The van der Waals surface area contributed by atoms with Crippen molar-refractivity contribution in [2.45, 2.75) is 19.3 Å². The number of fused-ring (bicyclic) bond motifs is 8. The zero-order valence-corrected chi connectivity index (χ0v) is 28.0. The van der Waals surface area contributed by atoms with E-state index in [2.05, 4.69) is 198 Å². The van der Waals surface area contributed by atoms with E-state index in [9.17, 15) is 0 Å². The second-order valence-corrected chi connectivity index (χ2v) is 13.7. The Morgan fingerprint density at radius 3 is 1.74 bits per heavy atom. The number of nitrogens with zero attached hydrogens (tertiary/aromatic N) is 4. The highest BCUT2D eigenvalue weighted by molar-refractivity contribution is 6.09. The molecule has 0 fully saturated rings. The highest BCUT2D eigenvalue weighted by Gasteiger charge is 2.38. The number of hydrogen-bond acceptors (Lipinski definition) is 2. The molecule has 0 atom stereocenters. The van der Waals surface area contributed by atoms with E-state index in [1.165, 1.54) is 44.2 Å². The van der Waals surface area contributed by atoms with Crippen LogP contribution in [0.5, 0.6) is 0 Å². The van der Waals surface area contributed by atoms with E-state index < -0.39 is 0 Å². The fourth-order valence-corrected chi connectivity index (χ4v) is 8.02. The van der Waals surface area contributed by atoms with Crippen LogP contribution in [0.2, 0.25) is 0 Å². The lowest BCUT2D eigenvalue weighted by Crippen LogP contribution is -2.16. The maximum Gasteiger partial charge on any atom is 0.124 e. The minimum absolute atomic E-state index is 0.175. The molecule has 0 N–H and O–H groups in total. The van der Waals surface area contributed by atoms with E-state index in [0.29, 0.717) is 0 Å². The van der Waals surface area contributed by atoms with Gasteiger partial charge in [-0.15, -0.1) is 0 Å². The molecule has 4 heteroatoms. The van der Waals surface area contributed by atoms with Crippen LogP contribution in [0.1, 0.15) is 25.2 Å². The van der Waals surface area contributed by atoms with E-state index in [-0.39, 0.29) is 5.41 Å². The molecular formula is C46H34N4. The third-order valence-corrected chi connectivity index (χ3v) is 10.5. The topological polar surface area (TPSA) is 26.0 Å². The Morgan fingerprint density at radius 1 is 0.480 bits per heavy atom. The third-order valence-electron chi connectivity index (χ3n) is 10.5. The normalized spacial score (nSPS) is 13.2. The second kappa shape index (κ2) is 10.8. The van der Waals surface area contributed by atoms with Crippen LogP contribution in [0.3, 0.4) is 0 Å². The summed E-state index contributed by atoms with van der Waals surface area (Å²) in [6, 6.07) is 61.1. The lowest BCUT2D eigenvalue weighted by Gasteiger charge is -2.26. The molecule has 238 valence electrons. The van der Waals surface area contributed by atoms with Gasteiger partial charge in [0.25, 0.3) is 0 Å². The quantitative estimate of drug-likeness (QED) is 0.187. The molecule has 50 heavy (non-hydrogen) atoms. The zero-order chi connectivity index (χ0) is 33.4. The van der Waals surface area contributed by atoms with Gasteiger partial charge in [0.2, 0.25) is 0 Å². The zero-order valence-electron chi connectivity index (χ0n) is 28.0. The molecule has 0 radical (unpaired) electrons. The molecule has 0 unspecified atom stereocenters. The van der Waals surface area contributed by atoms with Gasteiger partial charge in [-0.2, -0.15) is 0 Å². The van der Waals surface area contributed by atoms with Gasteiger partial charge in [-0.25, -0.2) is 4.98 Å². The van der Waals surface area contributed by atoms with Crippen LogP contribution < -0.4 is 4.90 Å². The smallest absolute Gasteiger partial charge is 0.124 e. The summed E-state index contributed by atoms with van der Waals surface area (Å²) in [6.45, 7) is 4.55. The van der Waals surface area contributed by atoms with Gasteiger partial charge in [-0.3, -0.25) is 4.57 Å². The van der Waals surface area contributed by atoms with Crippen molar-refractivity contribution in [1.29, 1.82) is 0 Å². The Hall–Kier alpha value is -6.39. The summed E-state index contributed by atoms with van der Waals surface area (Å²) in [6.07, 6.45) is 0. The van der Waals surface area contributed by atoms with Crippen LogP contribution in [-0.2, 0) is 5.41 Å². The first kappa shape index (κ1) is 28.6. The van der Waals surface area contributed by atoms with E-state index in [4.69, 9.17) is 4.98 Å². The van der Waals surface area contributed by atoms with E-state index in [0.717, 1.165) is 39.6 Å². The van der Waals surface area contributed by atoms with Crippen LogP contribution in [0, 0.1) is 0 Å². The van der Waals surface area contributed by atoms with Crippen molar-refractivity contribution in [2.24, 2.45) is 0 Å². The monoisotopic (exact) mass is 642 g/mol. The van der Waals surface area contributed by atoms with Gasteiger partial charge < -0.3 is 9.47 Å². The molecule has 0 saturated heterocycles. The molecule has 0 aliphatic carbocycles. The number of para-hydroxylation sites is 3. The Balaban J connectivity index is 1.12. The van der Waals surface area contributed by atoms with Gasteiger partial charge >= 0.3 is 0 Å². The summed E-state index contributed by atoms with van der Waals surface area (Å²) < 4.78 is 4.71. The van der Waals surface area contributed by atoms with Crippen LogP contribution in [0.15, 0.2) is 170 Å². The van der Waals surface area contributed by atoms with Crippen LogP contribution in [0.25, 0.3) is 55.3 Å². The van der Waals surface area contributed by atoms with E-state index >= 15 is 0 Å². The van der Waals surface area contributed by atoms with Gasteiger partial charge in [-0.05, 0) is 103 Å². The maximum atomic E-state index is 5.28. The minimum atomic E-state index is -0.175. The van der Waals surface area contributed by atoms with Gasteiger partial charge in [0, 0.05) is 33.5 Å². The molecule has 2 aromatic heterocycles. The van der Waals surface area contributed by atoms with Crippen LogP contribution >= 0.6 is 0 Å². The summed E-state index contributed by atoms with van der Waals surface area (Å²) in [4.78, 5) is 7.62. The molecule has 9 aromatic rings. The van der Waals surface area contributed by atoms with Crippen LogP contribution in [0.4, 0.5) is 17.1 Å². The highest BCUT2D eigenvalue weighted by atomic mass is 15.2. The molecule has 4 nitrogen and oxygen atoms in total. The Kier molecular flexibility index (Phi) is 6.19. The minimum Gasteiger partial charge on any atom is -0.310 e. The van der Waals surface area contributed by atoms with Crippen LogP contribution in [-0.4, -0.2) is 14.1 Å². The number of aromatic nitrogens is 3. The lowest BCUT2D eigenvalue weighted by molar-refractivity contribution is 0.621. The predicted molar refractivity (Wildman–Crippen MR) is 208 cm³/mol. The van der Waals surface area contributed by atoms with Crippen molar-refractivity contribution in [3.05, 3.63) is 181 Å². The van der Waals surface area contributed by atoms with Gasteiger partial charge in [0.05, 0.1) is 33.2 Å². The third kappa shape index (κ3) is 4.21. The predicted octanol–water partition coefficient (Wildman–Crippen LogP) is 11.9. The summed E-state index contributed by atoms with van der Waals surface area (Å²) in [5.74, 6) is 1.08. The Bertz CT molecular complexity index is 2660. The summed E-state index contributed by atoms with van der Waals surface area (Å²) in [5, 5.41) is 2.52. The largest absolute Gasteiger partial charge is 0.310 e. The molecule has 0 spiro atoms.